The van der Waals surface area contributed by atoms with Crippen LogP contribution in [0, 0.1) is 23.4 Å². The number of thioether (sulfide) groups is 1. The van der Waals surface area contributed by atoms with E-state index in [4.69, 9.17) is 10.5 Å². The summed E-state index contributed by atoms with van der Waals surface area (Å²) < 4.78 is 47.2. The highest BCUT2D eigenvalue weighted by Gasteiger charge is 2.47. The molecule has 1 amide bonds. The van der Waals surface area contributed by atoms with Crippen molar-refractivity contribution in [2.75, 3.05) is 24.3 Å². The van der Waals surface area contributed by atoms with E-state index in [9.17, 15) is 18.0 Å². The summed E-state index contributed by atoms with van der Waals surface area (Å²) in [6, 6.07) is 4.61. The van der Waals surface area contributed by atoms with Gasteiger partial charge in [-0.3, -0.25) is 9.79 Å². The number of hydrogen-bond donors (Lipinski definition) is 2. The van der Waals surface area contributed by atoms with Gasteiger partial charge >= 0.3 is 0 Å². The van der Waals surface area contributed by atoms with E-state index in [1.165, 1.54) is 30.0 Å². The summed E-state index contributed by atoms with van der Waals surface area (Å²) in [4.78, 5) is 20.4. The second kappa shape index (κ2) is 7.68. The molecule has 1 fully saturated rings. The van der Waals surface area contributed by atoms with Crippen molar-refractivity contribution in [2.24, 2.45) is 16.6 Å². The Labute approximate surface area is 168 Å². The molecule has 0 unspecified atom stereocenters. The van der Waals surface area contributed by atoms with Crippen molar-refractivity contribution in [3.05, 3.63) is 59.2 Å². The molecule has 6 nitrogen and oxygen atoms in total. The molecule has 0 radical (unpaired) electrons. The minimum Gasteiger partial charge on any atom is -0.381 e. The fourth-order valence-corrected chi connectivity index (χ4v) is 4.64. The van der Waals surface area contributed by atoms with E-state index in [1.54, 1.807) is 0 Å². The van der Waals surface area contributed by atoms with Crippen LogP contribution in [0.1, 0.15) is 22.5 Å². The quantitative estimate of drug-likeness (QED) is 0.794. The molecule has 2 atom stereocenters. The maximum atomic E-state index is 14.8. The zero-order valence-corrected chi connectivity index (χ0v) is 15.9. The molecule has 1 aromatic carbocycles. The van der Waals surface area contributed by atoms with Crippen molar-refractivity contribution in [2.45, 2.75) is 12.0 Å². The number of anilines is 1. The third-order valence-electron chi connectivity index (χ3n) is 5.08. The summed E-state index contributed by atoms with van der Waals surface area (Å²) in [6.07, 6.45) is 1.19. The number of amides is 1. The molecule has 10 heteroatoms. The monoisotopic (exact) mass is 422 g/mol. The van der Waals surface area contributed by atoms with Gasteiger partial charge in [0, 0.05) is 42.0 Å². The van der Waals surface area contributed by atoms with Gasteiger partial charge < -0.3 is 15.8 Å². The normalized spacial score (nSPS) is 23.8. The summed E-state index contributed by atoms with van der Waals surface area (Å²) in [6.45, 7) is 0.823. The number of fused-ring (bicyclic) bond motifs is 1. The topological polar surface area (TPSA) is 89.6 Å². The number of carbonyl (C=O) groups excluding carboxylic acids is 1. The van der Waals surface area contributed by atoms with Crippen LogP contribution < -0.4 is 11.1 Å². The van der Waals surface area contributed by atoms with Crippen LogP contribution in [-0.2, 0) is 10.3 Å². The molecule has 3 N–H and O–H groups in total. The second-order valence-electron chi connectivity index (χ2n) is 6.84. The largest absolute Gasteiger partial charge is 0.381 e. The Kier molecular flexibility index (Phi) is 5.22. The van der Waals surface area contributed by atoms with Gasteiger partial charge in [0.25, 0.3) is 5.91 Å². The molecule has 0 spiro atoms. The highest BCUT2D eigenvalue weighted by molar-refractivity contribution is 8.13. The standard InChI is InChI=1S/C19H17F3N4O2S/c20-11-5-15(22)16(24-7-11)17(27)25-12-1-2-14(21)13(6-12)19-3-4-28-8-10(19)9-29-18(23)26-19/h1-2,5-7,10H,3-4,8-9H2,(H2,23,26)(H,25,27)/t10-,19-/m0/s1. The van der Waals surface area contributed by atoms with E-state index in [2.05, 4.69) is 15.3 Å². The predicted molar refractivity (Wildman–Crippen MR) is 103 cm³/mol. The van der Waals surface area contributed by atoms with Crippen molar-refractivity contribution in [3.8, 4) is 0 Å². The first kappa shape index (κ1) is 19.7. The maximum absolute atomic E-state index is 14.8. The molecule has 2 aromatic rings. The lowest BCUT2D eigenvalue weighted by Crippen LogP contribution is -2.47. The van der Waals surface area contributed by atoms with E-state index in [1.807, 2.05) is 0 Å². The molecule has 29 heavy (non-hydrogen) atoms. The number of aromatic nitrogens is 1. The van der Waals surface area contributed by atoms with Crippen LogP contribution in [0.4, 0.5) is 18.9 Å². The lowest BCUT2D eigenvalue weighted by atomic mass is 9.75. The van der Waals surface area contributed by atoms with Crippen LogP contribution in [0.5, 0.6) is 0 Å². The van der Waals surface area contributed by atoms with Gasteiger partial charge in [0.05, 0.1) is 18.3 Å². The Hall–Kier alpha value is -2.59. The van der Waals surface area contributed by atoms with E-state index in [0.717, 1.165) is 6.20 Å². The van der Waals surface area contributed by atoms with Crippen molar-refractivity contribution in [1.29, 1.82) is 0 Å². The number of nitrogens with one attached hydrogen (secondary N) is 1. The summed E-state index contributed by atoms with van der Waals surface area (Å²) in [7, 11) is 0. The summed E-state index contributed by atoms with van der Waals surface area (Å²) in [5, 5.41) is 2.85. The molecule has 4 rings (SSSR count). The number of nitrogens with two attached hydrogens (primary N) is 1. The van der Waals surface area contributed by atoms with Gasteiger partial charge in [-0.05, 0) is 18.2 Å². The third kappa shape index (κ3) is 3.69. The number of carbonyl (C=O) groups is 1. The van der Waals surface area contributed by atoms with Crippen LogP contribution in [0.3, 0.4) is 0 Å². The van der Waals surface area contributed by atoms with E-state index in [-0.39, 0.29) is 11.6 Å². The fourth-order valence-electron chi connectivity index (χ4n) is 3.66. The molecule has 0 aliphatic carbocycles. The SMILES string of the molecule is NC1=N[C@@]2(c3cc(NC(=O)c4ncc(F)cc4F)ccc3F)CCOC[C@H]2CS1. The number of amidine groups is 1. The number of nitrogens with zero attached hydrogens (tertiary/aromatic N) is 2. The molecular weight excluding hydrogens is 405 g/mol. The lowest BCUT2D eigenvalue weighted by Gasteiger charge is -2.44. The number of pyridine rings is 1. The van der Waals surface area contributed by atoms with Gasteiger partial charge in [0.2, 0.25) is 0 Å². The van der Waals surface area contributed by atoms with Crippen LogP contribution in [0.15, 0.2) is 35.5 Å². The Morgan fingerprint density at radius 1 is 1.28 bits per heavy atom. The molecule has 0 saturated carbocycles. The molecule has 0 bridgehead atoms. The zero-order valence-electron chi connectivity index (χ0n) is 15.1. The summed E-state index contributed by atoms with van der Waals surface area (Å²) in [5.74, 6) is -2.78. The number of rotatable bonds is 3. The highest BCUT2D eigenvalue weighted by atomic mass is 32.2. The van der Waals surface area contributed by atoms with Crippen LogP contribution in [0.2, 0.25) is 0 Å². The Bertz CT molecular complexity index is 1000. The minimum absolute atomic E-state index is 0.0785. The molecule has 1 saturated heterocycles. The van der Waals surface area contributed by atoms with Crippen LogP contribution in [-0.4, -0.2) is 35.0 Å². The number of halogens is 3. The van der Waals surface area contributed by atoms with E-state index >= 15 is 0 Å². The van der Waals surface area contributed by atoms with Crippen molar-refractivity contribution < 1.29 is 22.7 Å². The Balaban J connectivity index is 1.69. The van der Waals surface area contributed by atoms with Crippen molar-refractivity contribution in [3.63, 3.8) is 0 Å². The maximum Gasteiger partial charge on any atom is 0.277 e. The minimum atomic E-state index is -1.09. The third-order valence-corrected chi connectivity index (χ3v) is 6.03. The molecule has 1 aromatic heterocycles. The van der Waals surface area contributed by atoms with Crippen molar-refractivity contribution >= 4 is 28.5 Å². The first-order valence-corrected chi connectivity index (χ1v) is 9.86. The summed E-state index contributed by atoms with van der Waals surface area (Å²) >= 11 is 1.39. The van der Waals surface area contributed by atoms with Gasteiger partial charge in [0.15, 0.2) is 16.7 Å². The van der Waals surface area contributed by atoms with Crippen molar-refractivity contribution in [1.82, 2.24) is 4.98 Å². The van der Waals surface area contributed by atoms with Gasteiger partial charge in [0.1, 0.15) is 11.6 Å². The van der Waals surface area contributed by atoms with Gasteiger partial charge in [-0.1, -0.05) is 11.8 Å². The number of hydrogen-bond acceptors (Lipinski definition) is 6. The number of ether oxygens (including phenoxy) is 1. The Morgan fingerprint density at radius 2 is 2.10 bits per heavy atom. The molecular formula is C19H17F3N4O2S. The van der Waals surface area contributed by atoms with Crippen LogP contribution in [0.25, 0.3) is 0 Å². The zero-order chi connectivity index (χ0) is 20.6. The first-order chi connectivity index (χ1) is 13.9. The smallest absolute Gasteiger partial charge is 0.277 e. The van der Waals surface area contributed by atoms with E-state index in [0.29, 0.717) is 42.2 Å². The average molecular weight is 422 g/mol. The second-order valence-corrected chi connectivity index (χ2v) is 7.88. The van der Waals surface area contributed by atoms with Gasteiger partial charge in [-0.15, -0.1) is 0 Å². The highest BCUT2D eigenvalue weighted by Crippen LogP contribution is 2.46. The molecule has 152 valence electrons. The first-order valence-electron chi connectivity index (χ1n) is 8.87. The Morgan fingerprint density at radius 3 is 2.90 bits per heavy atom. The molecule has 3 heterocycles. The number of aliphatic imine (C=N–C) groups is 1. The summed E-state index contributed by atoms with van der Waals surface area (Å²) in [5.41, 5.74) is 5.02. The molecule has 2 aliphatic heterocycles. The average Bonchev–Trinajstić information content (AvgIpc) is 2.69. The fraction of sp³-hybridized carbons (Fsp3) is 0.316. The van der Waals surface area contributed by atoms with Crippen LogP contribution >= 0.6 is 11.8 Å². The number of benzene rings is 1. The lowest BCUT2D eigenvalue weighted by molar-refractivity contribution is 0.00886. The van der Waals surface area contributed by atoms with Gasteiger partial charge in [-0.25, -0.2) is 18.2 Å². The van der Waals surface area contributed by atoms with Gasteiger partial charge in [-0.2, -0.15) is 0 Å². The predicted octanol–water partition coefficient (Wildman–Crippen LogP) is 3.04. The molecule has 2 aliphatic rings. The van der Waals surface area contributed by atoms with E-state index < -0.39 is 34.6 Å².